The Labute approximate surface area is 134 Å². The molecule has 3 aliphatic rings. The van der Waals surface area contributed by atoms with Crippen LogP contribution in [0.15, 0.2) is 0 Å². The standard InChI is InChI=1S/C18H31NO3/c1-13(22-12-17-4-2-3-9-21-17)18(20)19-8-7-16-11-14-5-6-15(16)10-14/h13-17H,2-12H2,1H3,(H,19,20). The van der Waals surface area contributed by atoms with Crippen LogP contribution in [0.4, 0.5) is 0 Å². The van der Waals surface area contributed by atoms with Crippen molar-refractivity contribution in [1.29, 1.82) is 0 Å². The zero-order valence-electron chi connectivity index (χ0n) is 13.9. The Morgan fingerprint density at radius 3 is 2.86 bits per heavy atom. The van der Waals surface area contributed by atoms with Gasteiger partial charge in [0.1, 0.15) is 6.10 Å². The molecule has 4 heteroatoms. The third-order valence-electron chi connectivity index (χ3n) is 5.87. The second kappa shape index (κ2) is 7.78. The highest BCUT2D eigenvalue weighted by molar-refractivity contribution is 5.80. The van der Waals surface area contributed by atoms with Gasteiger partial charge >= 0.3 is 0 Å². The van der Waals surface area contributed by atoms with Gasteiger partial charge in [-0.3, -0.25) is 4.79 Å². The smallest absolute Gasteiger partial charge is 0.248 e. The van der Waals surface area contributed by atoms with Crippen molar-refractivity contribution in [2.75, 3.05) is 19.8 Å². The maximum Gasteiger partial charge on any atom is 0.248 e. The molecule has 0 spiro atoms. The number of amides is 1. The van der Waals surface area contributed by atoms with Crippen molar-refractivity contribution in [1.82, 2.24) is 5.32 Å². The van der Waals surface area contributed by atoms with E-state index in [0.717, 1.165) is 50.2 Å². The van der Waals surface area contributed by atoms with Crippen LogP contribution in [-0.4, -0.2) is 37.9 Å². The zero-order valence-corrected chi connectivity index (χ0v) is 13.9. The molecule has 2 bridgehead atoms. The van der Waals surface area contributed by atoms with E-state index in [1.165, 1.54) is 32.1 Å². The normalized spacial score (nSPS) is 35.5. The molecular formula is C18H31NO3. The summed E-state index contributed by atoms with van der Waals surface area (Å²) < 4.78 is 11.3. The summed E-state index contributed by atoms with van der Waals surface area (Å²) in [5, 5.41) is 3.05. The number of carbonyl (C=O) groups is 1. The zero-order chi connectivity index (χ0) is 15.4. The molecule has 0 aromatic rings. The summed E-state index contributed by atoms with van der Waals surface area (Å²) in [5.74, 6) is 2.81. The maximum absolute atomic E-state index is 12.1. The third kappa shape index (κ3) is 4.23. The van der Waals surface area contributed by atoms with Crippen LogP contribution in [0.3, 0.4) is 0 Å². The topological polar surface area (TPSA) is 47.6 Å². The average Bonchev–Trinajstić information content (AvgIpc) is 3.16. The van der Waals surface area contributed by atoms with E-state index in [-0.39, 0.29) is 18.1 Å². The first-order valence-electron chi connectivity index (χ1n) is 9.23. The first-order valence-corrected chi connectivity index (χ1v) is 9.23. The van der Waals surface area contributed by atoms with E-state index in [9.17, 15) is 4.79 Å². The van der Waals surface area contributed by atoms with Gasteiger partial charge < -0.3 is 14.8 Å². The molecule has 1 amide bonds. The van der Waals surface area contributed by atoms with Crippen LogP contribution in [0, 0.1) is 17.8 Å². The molecule has 2 aliphatic carbocycles. The lowest BCUT2D eigenvalue weighted by Crippen LogP contribution is -2.38. The van der Waals surface area contributed by atoms with Crippen molar-refractivity contribution >= 4 is 5.91 Å². The lowest BCUT2D eigenvalue weighted by molar-refractivity contribution is -0.135. The van der Waals surface area contributed by atoms with Crippen molar-refractivity contribution in [3.8, 4) is 0 Å². The number of hydrogen-bond acceptors (Lipinski definition) is 3. The molecule has 126 valence electrons. The molecule has 1 N–H and O–H groups in total. The Morgan fingerprint density at radius 2 is 2.18 bits per heavy atom. The number of ether oxygens (including phenoxy) is 2. The molecular weight excluding hydrogens is 278 g/mol. The molecule has 5 unspecified atom stereocenters. The van der Waals surface area contributed by atoms with Gasteiger partial charge in [-0.05, 0) is 69.6 Å². The van der Waals surface area contributed by atoms with Crippen molar-refractivity contribution in [2.24, 2.45) is 17.8 Å². The Hall–Kier alpha value is -0.610. The minimum atomic E-state index is -0.370. The molecule has 2 saturated carbocycles. The quantitative estimate of drug-likeness (QED) is 0.786. The van der Waals surface area contributed by atoms with E-state index in [1.54, 1.807) is 0 Å². The first-order chi connectivity index (χ1) is 10.7. The van der Waals surface area contributed by atoms with Gasteiger partial charge in [0, 0.05) is 13.2 Å². The molecule has 0 aromatic heterocycles. The third-order valence-corrected chi connectivity index (χ3v) is 5.87. The first kappa shape index (κ1) is 16.3. The molecule has 5 atom stereocenters. The second-order valence-corrected chi connectivity index (χ2v) is 7.48. The summed E-state index contributed by atoms with van der Waals surface area (Å²) in [4.78, 5) is 12.1. The molecule has 0 radical (unpaired) electrons. The lowest BCUT2D eigenvalue weighted by atomic mass is 9.86. The summed E-state index contributed by atoms with van der Waals surface area (Å²) in [5.41, 5.74) is 0. The number of fused-ring (bicyclic) bond motifs is 2. The Morgan fingerprint density at radius 1 is 1.27 bits per heavy atom. The van der Waals surface area contributed by atoms with Gasteiger partial charge in [-0.25, -0.2) is 0 Å². The Bertz CT molecular complexity index is 367. The van der Waals surface area contributed by atoms with Crippen molar-refractivity contribution < 1.29 is 14.3 Å². The monoisotopic (exact) mass is 309 g/mol. The van der Waals surface area contributed by atoms with E-state index >= 15 is 0 Å². The van der Waals surface area contributed by atoms with Gasteiger partial charge in [0.25, 0.3) is 0 Å². The van der Waals surface area contributed by atoms with Gasteiger partial charge in [0.2, 0.25) is 5.91 Å². The van der Waals surface area contributed by atoms with E-state index in [2.05, 4.69) is 5.32 Å². The van der Waals surface area contributed by atoms with Gasteiger partial charge in [-0.15, -0.1) is 0 Å². The fraction of sp³-hybridized carbons (Fsp3) is 0.944. The van der Waals surface area contributed by atoms with Gasteiger partial charge in [0.15, 0.2) is 0 Å². The largest absolute Gasteiger partial charge is 0.376 e. The van der Waals surface area contributed by atoms with Crippen LogP contribution < -0.4 is 5.32 Å². The summed E-state index contributed by atoms with van der Waals surface area (Å²) in [7, 11) is 0. The van der Waals surface area contributed by atoms with Crippen molar-refractivity contribution in [3.63, 3.8) is 0 Å². The van der Waals surface area contributed by atoms with Gasteiger partial charge in [-0.2, -0.15) is 0 Å². The fourth-order valence-corrected chi connectivity index (χ4v) is 4.52. The van der Waals surface area contributed by atoms with Gasteiger partial charge in [0.05, 0.1) is 12.7 Å². The average molecular weight is 309 g/mol. The van der Waals surface area contributed by atoms with Crippen LogP contribution in [0.1, 0.15) is 58.3 Å². The molecule has 1 saturated heterocycles. The second-order valence-electron chi connectivity index (χ2n) is 7.48. The number of hydrogen-bond donors (Lipinski definition) is 1. The minimum Gasteiger partial charge on any atom is -0.376 e. The number of rotatable bonds is 7. The predicted octanol–water partition coefficient (Wildman–Crippen LogP) is 2.90. The van der Waals surface area contributed by atoms with E-state index in [0.29, 0.717) is 6.61 Å². The summed E-state index contributed by atoms with van der Waals surface area (Å²) in [6, 6.07) is 0. The number of nitrogens with one attached hydrogen (secondary N) is 1. The summed E-state index contributed by atoms with van der Waals surface area (Å²) in [6.45, 7) is 4.02. The van der Waals surface area contributed by atoms with Crippen LogP contribution in [0.5, 0.6) is 0 Å². The van der Waals surface area contributed by atoms with E-state index < -0.39 is 0 Å². The predicted molar refractivity (Wildman–Crippen MR) is 85.6 cm³/mol. The van der Waals surface area contributed by atoms with Crippen molar-refractivity contribution in [2.45, 2.75) is 70.5 Å². The van der Waals surface area contributed by atoms with Crippen LogP contribution >= 0.6 is 0 Å². The molecule has 1 heterocycles. The minimum absolute atomic E-state index is 0.0268. The lowest BCUT2D eigenvalue weighted by Gasteiger charge is -2.24. The highest BCUT2D eigenvalue weighted by Gasteiger charge is 2.38. The molecule has 3 rings (SSSR count). The summed E-state index contributed by atoms with van der Waals surface area (Å²) in [6.07, 6.45) is 10.1. The van der Waals surface area contributed by atoms with Crippen LogP contribution in [-0.2, 0) is 14.3 Å². The van der Waals surface area contributed by atoms with E-state index in [4.69, 9.17) is 9.47 Å². The maximum atomic E-state index is 12.1. The highest BCUT2D eigenvalue weighted by atomic mass is 16.5. The van der Waals surface area contributed by atoms with Gasteiger partial charge in [-0.1, -0.05) is 6.42 Å². The van der Waals surface area contributed by atoms with Crippen molar-refractivity contribution in [3.05, 3.63) is 0 Å². The number of carbonyl (C=O) groups excluding carboxylic acids is 1. The molecule has 3 fully saturated rings. The summed E-state index contributed by atoms with van der Waals surface area (Å²) >= 11 is 0. The molecule has 4 nitrogen and oxygen atoms in total. The van der Waals surface area contributed by atoms with Crippen LogP contribution in [0.2, 0.25) is 0 Å². The fourth-order valence-electron chi connectivity index (χ4n) is 4.52. The van der Waals surface area contributed by atoms with E-state index in [1.807, 2.05) is 6.92 Å². The SMILES string of the molecule is CC(OCC1CCCCO1)C(=O)NCCC1CC2CCC1C2. The molecule has 1 aliphatic heterocycles. The highest BCUT2D eigenvalue weighted by Crippen LogP contribution is 2.49. The van der Waals surface area contributed by atoms with Crippen LogP contribution in [0.25, 0.3) is 0 Å². The molecule has 22 heavy (non-hydrogen) atoms. The Balaban J connectivity index is 1.28. The molecule has 0 aromatic carbocycles. The Kier molecular flexibility index (Phi) is 5.75.